The first kappa shape index (κ1) is 12.2. The molecular weight excluding hydrogens is 214 g/mol. The van der Waals surface area contributed by atoms with Gasteiger partial charge in [0.1, 0.15) is 0 Å². The highest BCUT2D eigenvalue weighted by Crippen LogP contribution is 2.15. The van der Waals surface area contributed by atoms with E-state index >= 15 is 0 Å². The average Bonchev–Trinajstić information content (AvgIpc) is 2.30. The number of halogens is 1. The number of hydrogen-bond donors (Lipinski definition) is 2. The second-order valence-electron chi connectivity index (χ2n) is 3.34. The third kappa shape index (κ3) is 3.06. The molecule has 5 heteroatoms. The van der Waals surface area contributed by atoms with E-state index in [-0.39, 0.29) is 12.4 Å². The highest BCUT2D eigenvalue weighted by atomic mass is 35.5. The Morgan fingerprint density at radius 1 is 1.40 bits per heavy atom. The summed E-state index contributed by atoms with van der Waals surface area (Å²) < 4.78 is 5.01. The van der Waals surface area contributed by atoms with Gasteiger partial charge >= 0.3 is 0 Å². The van der Waals surface area contributed by atoms with Gasteiger partial charge in [0.05, 0.1) is 7.11 Å². The third-order valence-corrected chi connectivity index (χ3v) is 2.41. The van der Waals surface area contributed by atoms with Crippen molar-refractivity contribution in [3.8, 4) is 5.88 Å². The summed E-state index contributed by atoms with van der Waals surface area (Å²) in [6, 6.07) is 4.32. The molecule has 1 aromatic heterocycles. The van der Waals surface area contributed by atoms with Crippen molar-refractivity contribution < 1.29 is 4.74 Å². The molecular formula is C10H16ClN3O. The highest BCUT2D eigenvalue weighted by Gasteiger charge is 2.13. The molecule has 2 heterocycles. The lowest BCUT2D eigenvalue weighted by atomic mass is 10.1. The molecule has 1 fully saturated rings. The fourth-order valence-electron chi connectivity index (χ4n) is 1.61. The molecule has 0 unspecified atom stereocenters. The van der Waals surface area contributed by atoms with Crippen LogP contribution in [0, 0.1) is 0 Å². The number of nitrogens with zero attached hydrogens (tertiary/aromatic N) is 1. The predicted octanol–water partition coefficient (Wildman–Crippen LogP) is 0.746. The van der Waals surface area contributed by atoms with Crippen LogP contribution in [0.15, 0.2) is 18.3 Å². The van der Waals surface area contributed by atoms with Gasteiger partial charge < -0.3 is 15.4 Å². The zero-order chi connectivity index (χ0) is 9.80. The van der Waals surface area contributed by atoms with Crippen LogP contribution in [0.1, 0.15) is 11.6 Å². The second-order valence-corrected chi connectivity index (χ2v) is 3.34. The number of ether oxygens (including phenoxy) is 1. The lowest BCUT2D eigenvalue weighted by Gasteiger charge is -2.24. The molecule has 1 atom stereocenters. The average molecular weight is 230 g/mol. The highest BCUT2D eigenvalue weighted by molar-refractivity contribution is 5.85. The summed E-state index contributed by atoms with van der Waals surface area (Å²) in [5, 5.41) is 6.77. The van der Waals surface area contributed by atoms with Crippen LogP contribution >= 0.6 is 12.4 Å². The van der Waals surface area contributed by atoms with Crippen LogP contribution in [-0.2, 0) is 0 Å². The SMILES string of the molecule is COc1ccc([C@H]2CNCCN2)cn1.Cl. The first-order valence-electron chi connectivity index (χ1n) is 4.84. The lowest BCUT2D eigenvalue weighted by Crippen LogP contribution is -2.42. The van der Waals surface area contributed by atoms with E-state index < -0.39 is 0 Å². The van der Waals surface area contributed by atoms with Crippen molar-refractivity contribution in [2.24, 2.45) is 0 Å². The molecule has 0 saturated carbocycles. The van der Waals surface area contributed by atoms with Crippen molar-refractivity contribution in [2.75, 3.05) is 26.7 Å². The summed E-state index contributed by atoms with van der Waals surface area (Å²) in [6.45, 7) is 3.02. The van der Waals surface area contributed by atoms with E-state index in [1.54, 1.807) is 7.11 Å². The number of hydrogen-bond acceptors (Lipinski definition) is 4. The Labute approximate surface area is 95.8 Å². The molecule has 1 aliphatic rings. The van der Waals surface area contributed by atoms with Gasteiger partial charge in [0.2, 0.25) is 5.88 Å². The molecule has 0 aliphatic carbocycles. The van der Waals surface area contributed by atoms with Crippen molar-refractivity contribution in [2.45, 2.75) is 6.04 Å². The molecule has 84 valence electrons. The molecule has 4 nitrogen and oxygen atoms in total. The Morgan fingerprint density at radius 2 is 2.27 bits per heavy atom. The maximum Gasteiger partial charge on any atom is 0.212 e. The van der Waals surface area contributed by atoms with Gasteiger partial charge in [0.15, 0.2) is 0 Å². The largest absolute Gasteiger partial charge is 0.481 e. The topological polar surface area (TPSA) is 46.2 Å². The van der Waals surface area contributed by atoms with Gasteiger partial charge in [-0.05, 0) is 5.56 Å². The molecule has 0 spiro atoms. The second kappa shape index (κ2) is 5.90. The van der Waals surface area contributed by atoms with E-state index in [1.165, 1.54) is 5.56 Å². The van der Waals surface area contributed by atoms with Crippen LogP contribution in [0.4, 0.5) is 0 Å². The minimum atomic E-state index is 0. The van der Waals surface area contributed by atoms with Gasteiger partial charge in [-0.3, -0.25) is 0 Å². The van der Waals surface area contributed by atoms with Crippen LogP contribution in [0.5, 0.6) is 5.88 Å². The summed E-state index contributed by atoms with van der Waals surface area (Å²) in [7, 11) is 1.63. The minimum Gasteiger partial charge on any atom is -0.481 e. The molecule has 0 radical (unpaired) electrons. The van der Waals surface area contributed by atoms with E-state index in [9.17, 15) is 0 Å². The smallest absolute Gasteiger partial charge is 0.212 e. The Balaban J connectivity index is 0.00000112. The van der Waals surface area contributed by atoms with Crippen molar-refractivity contribution >= 4 is 12.4 Å². The van der Waals surface area contributed by atoms with Crippen molar-refractivity contribution in [1.82, 2.24) is 15.6 Å². The van der Waals surface area contributed by atoms with Crippen molar-refractivity contribution in [3.63, 3.8) is 0 Å². The molecule has 0 amide bonds. The molecule has 1 aromatic rings. The van der Waals surface area contributed by atoms with Gasteiger partial charge in [-0.1, -0.05) is 6.07 Å². The molecule has 2 rings (SSSR count). The van der Waals surface area contributed by atoms with Crippen LogP contribution in [0.3, 0.4) is 0 Å². The van der Waals surface area contributed by atoms with Gasteiger partial charge in [0.25, 0.3) is 0 Å². The van der Waals surface area contributed by atoms with Gasteiger partial charge in [-0.25, -0.2) is 4.98 Å². The first-order valence-corrected chi connectivity index (χ1v) is 4.84. The zero-order valence-corrected chi connectivity index (χ0v) is 9.51. The molecule has 15 heavy (non-hydrogen) atoms. The van der Waals surface area contributed by atoms with E-state index in [2.05, 4.69) is 21.7 Å². The number of nitrogens with one attached hydrogen (secondary N) is 2. The zero-order valence-electron chi connectivity index (χ0n) is 8.69. The monoisotopic (exact) mass is 229 g/mol. The van der Waals surface area contributed by atoms with Gasteiger partial charge in [0, 0.05) is 37.9 Å². The van der Waals surface area contributed by atoms with E-state index in [4.69, 9.17) is 4.74 Å². The standard InChI is InChI=1S/C10H15N3O.ClH/c1-14-10-3-2-8(6-13-10)9-7-11-4-5-12-9;/h2-3,6,9,11-12H,4-5,7H2,1H3;1H/t9-;/m1./s1. The Hall–Kier alpha value is -0.840. The van der Waals surface area contributed by atoms with Crippen LogP contribution in [0.2, 0.25) is 0 Å². The van der Waals surface area contributed by atoms with Crippen molar-refractivity contribution in [1.29, 1.82) is 0 Å². The number of pyridine rings is 1. The lowest BCUT2D eigenvalue weighted by molar-refractivity contribution is 0.395. The van der Waals surface area contributed by atoms with Crippen LogP contribution in [-0.4, -0.2) is 31.7 Å². The van der Waals surface area contributed by atoms with Crippen molar-refractivity contribution in [3.05, 3.63) is 23.9 Å². The van der Waals surface area contributed by atoms with E-state index in [1.807, 2.05) is 12.3 Å². The first-order chi connectivity index (χ1) is 6.90. The number of piperazine rings is 1. The molecule has 0 bridgehead atoms. The summed E-state index contributed by atoms with van der Waals surface area (Å²) in [5.74, 6) is 0.664. The molecule has 1 aliphatic heterocycles. The van der Waals surface area contributed by atoms with E-state index in [0.717, 1.165) is 19.6 Å². The Morgan fingerprint density at radius 3 is 2.80 bits per heavy atom. The van der Waals surface area contributed by atoms with E-state index in [0.29, 0.717) is 11.9 Å². The quantitative estimate of drug-likeness (QED) is 0.786. The maximum atomic E-state index is 5.01. The summed E-state index contributed by atoms with van der Waals surface area (Å²) >= 11 is 0. The fourth-order valence-corrected chi connectivity index (χ4v) is 1.61. The van der Waals surface area contributed by atoms with Gasteiger partial charge in [-0.2, -0.15) is 0 Å². The normalized spacial score (nSPS) is 20.5. The Kier molecular flexibility index (Phi) is 4.81. The predicted molar refractivity (Wildman–Crippen MR) is 61.7 cm³/mol. The number of rotatable bonds is 2. The summed E-state index contributed by atoms with van der Waals surface area (Å²) in [4.78, 5) is 4.18. The van der Waals surface area contributed by atoms with Crippen LogP contribution < -0.4 is 15.4 Å². The molecule has 0 aromatic carbocycles. The molecule has 2 N–H and O–H groups in total. The number of aromatic nitrogens is 1. The number of methoxy groups -OCH3 is 1. The summed E-state index contributed by atoms with van der Waals surface area (Å²) in [5.41, 5.74) is 1.21. The maximum absolute atomic E-state index is 5.01. The van der Waals surface area contributed by atoms with Crippen LogP contribution in [0.25, 0.3) is 0 Å². The fraction of sp³-hybridized carbons (Fsp3) is 0.500. The molecule has 1 saturated heterocycles. The third-order valence-electron chi connectivity index (χ3n) is 2.41. The van der Waals surface area contributed by atoms with Gasteiger partial charge in [-0.15, -0.1) is 12.4 Å². The summed E-state index contributed by atoms with van der Waals surface area (Å²) in [6.07, 6.45) is 1.86. The minimum absolute atomic E-state index is 0. The Bertz CT molecular complexity index is 285.